The zero-order valence-electron chi connectivity index (χ0n) is 13.5. The highest BCUT2D eigenvalue weighted by molar-refractivity contribution is 7.99. The Hall–Kier alpha value is -1.77. The molecule has 4 rings (SSSR count). The molecular formula is C17H18N2O4S2. The van der Waals surface area contributed by atoms with Gasteiger partial charge in [0.25, 0.3) is 0 Å². The highest BCUT2D eigenvalue weighted by Gasteiger charge is 2.29. The van der Waals surface area contributed by atoms with Gasteiger partial charge >= 0.3 is 0 Å². The molecule has 132 valence electrons. The molecule has 2 aliphatic heterocycles. The quantitative estimate of drug-likeness (QED) is 0.818. The van der Waals surface area contributed by atoms with E-state index in [0.717, 1.165) is 29.2 Å². The molecule has 1 aromatic carbocycles. The van der Waals surface area contributed by atoms with E-state index in [0.29, 0.717) is 13.1 Å². The van der Waals surface area contributed by atoms with Crippen molar-refractivity contribution in [2.75, 3.05) is 25.6 Å². The molecule has 1 atom stereocenters. The monoisotopic (exact) mass is 378 g/mol. The molecule has 0 saturated carbocycles. The van der Waals surface area contributed by atoms with Crippen LogP contribution < -0.4 is 9.47 Å². The fourth-order valence-electron chi connectivity index (χ4n) is 3.02. The van der Waals surface area contributed by atoms with Crippen LogP contribution in [-0.2, 0) is 10.0 Å². The number of nitrogens with zero attached hydrogens (tertiary/aromatic N) is 2. The zero-order valence-corrected chi connectivity index (χ0v) is 15.1. The summed E-state index contributed by atoms with van der Waals surface area (Å²) < 4.78 is 37.9. The molecule has 2 aliphatic rings. The van der Waals surface area contributed by atoms with E-state index < -0.39 is 10.0 Å². The first-order valence-electron chi connectivity index (χ1n) is 8.06. The summed E-state index contributed by atoms with van der Waals surface area (Å²) in [5.74, 6) is 2.28. The molecule has 0 aliphatic carbocycles. The molecule has 3 heterocycles. The lowest BCUT2D eigenvalue weighted by molar-refractivity contribution is 0.174. The lowest BCUT2D eigenvalue weighted by atomic mass is 10.1. The van der Waals surface area contributed by atoms with Gasteiger partial charge in [-0.2, -0.15) is 16.1 Å². The summed E-state index contributed by atoms with van der Waals surface area (Å²) in [6, 6.07) is 9.21. The second kappa shape index (κ2) is 6.86. The SMILES string of the molecule is O=S(=O)(c1cccnc1)N1CCSC(c2ccc3c(c2)OCO3)CC1. The van der Waals surface area contributed by atoms with Crippen LogP contribution in [-0.4, -0.2) is 43.3 Å². The highest BCUT2D eigenvalue weighted by Crippen LogP contribution is 2.40. The smallest absolute Gasteiger partial charge is 0.244 e. The van der Waals surface area contributed by atoms with Crippen molar-refractivity contribution in [3.05, 3.63) is 48.3 Å². The Kier molecular flexibility index (Phi) is 4.58. The molecule has 1 aromatic heterocycles. The molecule has 0 N–H and O–H groups in total. The van der Waals surface area contributed by atoms with E-state index in [9.17, 15) is 8.42 Å². The normalized spacial score (nSPS) is 21.0. The van der Waals surface area contributed by atoms with Crippen LogP contribution in [0.25, 0.3) is 0 Å². The van der Waals surface area contributed by atoms with E-state index in [1.165, 1.54) is 6.20 Å². The summed E-state index contributed by atoms with van der Waals surface area (Å²) >= 11 is 1.78. The number of rotatable bonds is 3. The predicted molar refractivity (Wildman–Crippen MR) is 95.4 cm³/mol. The Morgan fingerprint density at radius 2 is 2.04 bits per heavy atom. The van der Waals surface area contributed by atoms with E-state index >= 15 is 0 Å². The fourth-order valence-corrected chi connectivity index (χ4v) is 5.78. The molecule has 1 saturated heterocycles. The van der Waals surface area contributed by atoms with Crippen LogP contribution in [0.2, 0.25) is 0 Å². The third-order valence-electron chi connectivity index (χ3n) is 4.34. The van der Waals surface area contributed by atoms with Crippen molar-refractivity contribution >= 4 is 21.8 Å². The van der Waals surface area contributed by atoms with Gasteiger partial charge in [0.2, 0.25) is 16.8 Å². The van der Waals surface area contributed by atoms with Crippen molar-refractivity contribution in [1.29, 1.82) is 0 Å². The van der Waals surface area contributed by atoms with Gasteiger partial charge in [0.1, 0.15) is 4.90 Å². The summed E-state index contributed by atoms with van der Waals surface area (Å²) in [6.07, 6.45) is 3.74. The third kappa shape index (κ3) is 3.33. The van der Waals surface area contributed by atoms with Crippen molar-refractivity contribution in [3.63, 3.8) is 0 Å². The molecule has 0 amide bonds. The van der Waals surface area contributed by atoms with Gasteiger partial charge in [-0.25, -0.2) is 8.42 Å². The van der Waals surface area contributed by atoms with E-state index in [1.807, 2.05) is 18.2 Å². The average Bonchev–Trinajstić information content (AvgIpc) is 2.96. The number of fused-ring (bicyclic) bond motifs is 1. The molecule has 6 nitrogen and oxygen atoms in total. The molecule has 0 spiro atoms. The second-order valence-corrected chi connectivity index (χ2v) is 9.10. The second-order valence-electron chi connectivity index (χ2n) is 5.85. The topological polar surface area (TPSA) is 68.7 Å². The van der Waals surface area contributed by atoms with Crippen LogP contribution in [0.4, 0.5) is 0 Å². The molecule has 8 heteroatoms. The summed E-state index contributed by atoms with van der Waals surface area (Å²) in [5.41, 5.74) is 1.15. The van der Waals surface area contributed by atoms with Crippen LogP contribution in [0.5, 0.6) is 11.5 Å². The standard InChI is InChI=1S/C17H18N2O4S2/c20-25(21,14-2-1-6-18-11-14)19-7-5-17(24-9-8-19)13-3-4-15-16(10-13)23-12-22-15/h1-4,6,10-11,17H,5,7-9,12H2. The molecule has 0 bridgehead atoms. The Morgan fingerprint density at radius 1 is 1.16 bits per heavy atom. The van der Waals surface area contributed by atoms with Crippen molar-refractivity contribution in [2.24, 2.45) is 0 Å². The molecule has 1 unspecified atom stereocenters. The number of aromatic nitrogens is 1. The molecular weight excluding hydrogens is 360 g/mol. The van der Waals surface area contributed by atoms with E-state index in [1.54, 1.807) is 34.4 Å². The first-order chi connectivity index (χ1) is 12.1. The average molecular weight is 378 g/mol. The van der Waals surface area contributed by atoms with Crippen LogP contribution in [0.15, 0.2) is 47.6 Å². The Balaban J connectivity index is 1.51. The predicted octanol–water partition coefficient (Wildman–Crippen LogP) is 2.68. The van der Waals surface area contributed by atoms with Crippen LogP contribution in [0.3, 0.4) is 0 Å². The largest absolute Gasteiger partial charge is 0.454 e. The van der Waals surface area contributed by atoms with Gasteiger partial charge < -0.3 is 9.47 Å². The van der Waals surface area contributed by atoms with E-state index in [2.05, 4.69) is 4.98 Å². The molecule has 25 heavy (non-hydrogen) atoms. The zero-order chi connectivity index (χ0) is 17.3. The lowest BCUT2D eigenvalue weighted by Gasteiger charge is -2.19. The van der Waals surface area contributed by atoms with Crippen LogP contribution >= 0.6 is 11.8 Å². The van der Waals surface area contributed by atoms with Gasteiger partial charge in [-0.15, -0.1) is 0 Å². The summed E-state index contributed by atoms with van der Waals surface area (Å²) in [6.45, 7) is 1.25. The van der Waals surface area contributed by atoms with Gasteiger partial charge in [-0.1, -0.05) is 6.07 Å². The Bertz CT molecular complexity index is 858. The molecule has 2 aromatic rings. The maximum Gasteiger partial charge on any atom is 0.244 e. The Labute approximate surface area is 151 Å². The highest BCUT2D eigenvalue weighted by atomic mass is 32.2. The fraction of sp³-hybridized carbons (Fsp3) is 0.353. The summed E-state index contributed by atoms with van der Waals surface area (Å²) in [4.78, 5) is 4.18. The van der Waals surface area contributed by atoms with Gasteiger partial charge in [-0.05, 0) is 36.2 Å². The van der Waals surface area contributed by atoms with Gasteiger partial charge in [0.15, 0.2) is 11.5 Å². The molecule has 0 radical (unpaired) electrons. The van der Waals surface area contributed by atoms with Crippen molar-refractivity contribution in [3.8, 4) is 11.5 Å². The van der Waals surface area contributed by atoms with Crippen molar-refractivity contribution < 1.29 is 17.9 Å². The number of hydrogen-bond donors (Lipinski definition) is 0. The minimum absolute atomic E-state index is 0.239. The number of sulfonamides is 1. The first-order valence-corrected chi connectivity index (χ1v) is 10.5. The first kappa shape index (κ1) is 16.7. The van der Waals surface area contributed by atoms with Gasteiger partial charge in [0.05, 0.1) is 0 Å². The van der Waals surface area contributed by atoms with Gasteiger partial charge in [0, 0.05) is 36.5 Å². The third-order valence-corrected chi connectivity index (χ3v) is 7.55. The van der Waals surface area contributed by atoms with Crippen molar-refractivity contribution in [1.82, 2.24) is 9.29 Å². The van der Waals surface area contributed by atoms with Gasteiger partial charge in [-0.3, -0.25) is 4.98 Å². The van der Waals surface area contributed by atoms with E-state index in [4.69, 9.17) is 9.47 Å². The number of ether oxygens (including phenoxy) is 2. The Morgan fingerprint density at radius 3 is 2.88 bits per heavy atom. The minimum atomic E-state index is -3.49. The van der Waals surface area contributed by atoms with E-state index in [-0.39, 0.29) is 16.9 Å². The number of thioether (sulfide) groups is 1. The summed E-state index contributed by atoms with van der Waals surface area (Å²) in [7, 11) is -3.49. The number of pyridine rings is 1. The number of benzene rings is 1. The number of hydrogen-bond acceptors (Lipinski definition) is 6. The molecule has 1 fully saturated rings. The van der Waals surface area contributed by atoms with Crippen LogP contribution in [0.1, 0.15) is 17.2 Å². The van der Waals surface area contributed by atoms with Crippen LogP contribution in [0, 0.1) is 0 Å². The van der Waals surface area contributed by atoms with Crippen molar-refractivity contribution in [2.45, 2.75) is 16.6 Å². The maximum absolute atomic E-state index is 12.8. The lowest BCUT2D eigenvalue weighted by Crippen LogP contribution is -2.33. The minimum Gasteiger partial charge on any atom is -0.454 e. The maximum atomic E-state index is 12.8. The summed E-state index contributed by atoms with van der Waals surface area (Å²) in [5, 5.41) is 0.239.